The van der Waals surface area contributed by atoms with Crippen LogP contribution in [0.4, 0.5) is 0 Å². The van der Waals surface area contributed by atoms with Gasteiger partial charge in [-0.05, 0) is 53.0 Å². The summed E-state index contributed by atoms with van der Waals surface area (Å²) >= 11 is 3.46. The number of allylic oxidation sites excluding steroid dienone is 4. The van der Waals surface area contributed by atoms with Crippen molar-refractivity contribution in [3.8, 4) is 0 Å². The lowest BCUT2D eigenvalue weighted by atomic mass is 9.90. The van der Waals surface area contributed by atoms with E-state index in [0.717, 1.165) is 10.9 Å². The lowest BCUT2D eigenvalue weighted by molar-refractivity contribution is 0.557. The van der Waals surface area contributed by atoms with Gasteiger partial charge in [-0.15, -0.1) is 0 Å². The van der Waals surface area contributed by atoms with Crippen molar-refractivity contribution < 1.29 is 4.21 Å². The predicted molar refractivity (Wildman–Crippen MR) is 79.0 cm³/mol. The Morgan fingerprint density at radius 2 is 2.06 bits per heavy atom. The molecule has 0 aromatic heterocycles. The van der Waals surface area contributed by atoms with E-state index in [-0.39, 0.29) is 11.2 Å². The molecule has 0 amide bonds. The highest BCUT2D eigenvalue weighted by Gasteiger charge is 2.36. The van der Waals surface area contributed by atoms with Crippen molar-refractivity contribution in [2.75, 3.05) is 0 Å². The van der Waals surface area contributed by atoms with Gasteiger partial charge >= 0.3 is 0 Å². The fraction of sp³-hybridized carbons (Fsp3) is 0.692. The van der Waals surface area contributed by atoms with Gasteiger partial charge in [-0.3, -0.25) is 4.78 Å². The topological polar surface area (TPSA) is 40.9 Å². The SMILES string of the molecule is CC1=CC(Br)=CCC1[C@H](C)S(=N)(=O)C(C)(C)C. The van der Waals surface area contributed by atoms with Crippen LogP contribution < -0.4 is 0 Å². The van der Waals surface area contributed by atoms with Crippen LogP contribution in [-0.4, -0.2) is 14.2 Å². The fourth-order valence-corrected chi connectivity index (χ4v) is 4.61. The Morgan fingerprint density at radius 1 is 1.53 bits per heavy atom. The standard InChI is InChI=1S/C13H22BrNOS/c1-9-8-11(14)6-7-12(9)10(2)17(15,16)13(3,4)5/h6,8,10,12,15H,7H2,1-5H3/t10-,12?,17?/m0/s1. The minimum atomic E-state index is -2.61. The maximum Gasteiger partial charge on any atom is 0.0523 e. The van der Waals surface area contributed by atoms with Crippen molar-refractivity contribution in [2.45, 2.75) is 51.0 Å². The summed E-state index contributed by atoms with van der Waals surface area (Å²) in [5, 5.41) is -0.115. The van der Waals surface area contributed by atoms with Crippen LogP contribution in [0.2, 0.25) is 0 Å². The molecule has 17 heavy (non-hydrogen) atoms. The Kier molecular flexibility index (Phi) is 4.30. The van der Waals surface area contributed by atoms with E-state index >= 15 is 0 Å². The van der Waals surface area contributed by atoms with E-state index in [1.165, 1.54) is 5.57 Å². The third kappa shape index (κ3) is 3.02. The number of nitrogens with one attached hydrogen (secondary N) is 1. The zero-order chi connectivity index (χ0) is 13.4. The van der Waals surface area contributed by atoms with E-state index in [1.54, 1.807) is 0 Å². The quantitative estimate of drug-likeness (QED) is 0.801. The van der Waals surface area contributed by atoms with Crippen LogP contribution in [0.15, 0.2) is 22.2 Å². The number of hydrogen-bond acceptors (Lipinski definition) is 2. The first-order valence-corrected chi connectivity index (χ1v) is 8.30. The molecule has 0 spiro atoms. The minimum Gasteiger partial charge on any atom is -0.252 e. The molecule has 0 fully saturated rings. The van der Waals surface area contributed by atoms with Gasteiger partial charge in [-0.25, -0.2) is 4.21 Å². The molecule has 4 heteroatoms. The first kappa shape index (κ1) is 15.0. The van der Waals surface area contributed by atoms with Crippen LogP contribution in [0.1, 0.15) is 41.0 Å². The summed E-state index contributed by atoms with van der Waals surface area (Å²) in [5.41, 5.74) is 1.22. The van der Waals surface area contributed by atoms with Gasteiger partial charge < -0.3 is 0 Å². The molecule has 1 rings (SSSR count). The van der Waals surface area contributed by atoms with Gasteiger partial charge in [-0.1, -0.05) is 27.6 Å². The van der Waals surface area contributed by atoms with Gasteiger partial charge in [0.2, 0.25) is 0 Å². The smallest absolute Gasteiger partial charge is 0.0523 e. The Balaban J connectivity index is 3.02. The van der Waals surface area contributed by atoms with Crippen molar-refractivity contribution in [3.05, 3.63) is 22.2 Å². The second-order valence-corrected chi connectivity index (χ2v) is 9.82. The number of rotatable bonds is 2. The summed E-state index contributed by atoms with van der Waals surface area (Å²) in [6.07, 6.45) is 5.05. The predicted octanol–water partition coefficient (Wildman–Crippen LogP) is 4.47. The van der Waals surface area contributed by atoms with Crippen LogP contribution in [0, 0.1) is 10.7 Å². The average Bonchev–Trinajstić information content (AvgIpc) is 2.14. The highest BCUT2D eigenvalue weighted by molar-refractivity contribution is 9.11. The molecule has 1 N–H and O–H groups in total. The molecule has 0 aliphatic heterocycles. The lowest BCUT2D eigenvalue weighted by Gasteiger charge is -2.34. The molecular formula is C13H22BrNOS. The van der Waals surface area contributed by atoms with Crippen LogP contribution >= 0.6 is 15.9 Å². The van der Waals surface area contributed by atoms with E-state index in [4.69, 9.17) is 4.78 Å². The highest BCUT2D eigenvalue weighted by Crippen LogP contribution is 2.35. The zero-order valence-electron chi connectivity index (χ0n) is 11.2. The van der Waals surface area contributed by atoms with E-state index in [2.05, 4.69) is 35.0 Å². The first-order valence-electron chi connectivity index (χ1n) is 5.88. The third-order valence-corrected chi connectivity index (χ3v) is 7.26. The molecule has 0 saturated carbocycles. The Labute approximate surface area is 114 Å². The molecule has 3 atom stereocenters. The maximum atomic E-state index is 12.6. The molecule has 1 aliphatic carbocycles. The molecule has 1 aliphatic rings. The van der Waals surface area contributed by atoms with Gasteiger partial charge in [0.15, 0.2) is 0 Å². The minimum absolute atomic E-state index is 0.115. The van der Waals surface area contributed by atoms with Gasteiger partial charge in [-0.2, -0.15) is 0 Å². The summed E-state index contributed by atoms with van der Waals surface area (Å²) < 4.78 is 21.5. The molecule has 0 heterocycles. The van der Waals surface area contributed by atoms with E-state index < -0.39 is 14.5 Å². The fourth-order valence-electron chi connectivity index (χ4n) is 2.16. The zero-order valence-corrected chi connectivity index (χ0v) is 13.6. The first-order chi connectivity index (χ1) is 7.57. The van der Waals surface area contributed by atoms with Crippen molar-refractivity contribution in [1.82, 2.24) is 0 Å². The lowest BCUT2D eigenvalue weighted by Crippen LogP contribution is -2.39. The molecule has 2 unspecified atom stereocenters. The van der Waals surface area contributed by atoms with Gasteiger partial charge in [0.05, 0.1) is 9.73 Å². The monoisotopic (exact) mass is 319 g/mol. The molecule has 0 aromatic rings. The van der Waals surface area contributed by atoms with E-state index in [1.807, 2.05) is 27.7 Å². The van der Waals surface area contributed by atoms with E-state index in [0.29, 0.717) is 0 Å². The average molecular weight is 320 g/mol. The second-order valence-electron chi connectivity index (χ2n) is 5.74. The van der Waals surface area contributed by atoms with Crippen LogP contribution in [-0.2, 0) is 9.73 Å². The second kappa shape index (κ2) is 4.88. The molecular weight excluding hydrogens is 298 g/mol. The molecule has 0 bridgehead atoms. The van der Waals surface area contributed by atoms with Gasteiger partial charge in [0.1, 0.15) is 0 Å². The summed E-state index contributed by atoms with van der Waals surface area (Å²) in [6.45, 7) is 9.70. The largest absolute Gasteiger partial charge is 0.252 e. The highest BCUT2D eigenvalue weighted by atomic mass is 79.9. The molecule has 98 valence electrons. The molecule has 2 nitrogen and oxygen atoms in total. The van der Waals surface area contributed by atoms with Crippen LogP contribution in [0.25, 0.3) is 0 Å². The van der Waals surface area contributed by atoms with Crippen LogP contribution in [0.3, 0.4) is 0 Å². The normalized spacial score (nSPS) is 26.8. The van der Waals surface area contributed by atoms with Gasteiger partial charge in [0, 0.05) is 14.5 Å². The summed E-state index contributed by atoms with van der Waals surface area (Å²) in [5.74, 6) is 0.223. The van der Waals surface area contributed by atoms with E-state index in [9.17, 15) is 4.21 Å². The number of halogens is 1. The van der Waals surface area contributed by atoms with Crippen molar-refractivity contribution >= 4 is 25.7 Å². The summed E-state index contributed by atoms with van der Waals surface area (Å²) in [6, 6.07) is 0. The molecule has 0 aromatic carbocycles. The summed E-state index contributed by atoms with van der Waals surface area (Å²) in [7, 11) is -2.61. The molecule has 0 saturated heterocycles. The van der Waals surface area contributed by atoms with Crippen molar-refractivity contribution in [3.63, 3.8) is 0 Å². The summed E-state index contributed by atoms with van der Waals surface area (Å²) in [4.78, 5) is 0. The molecule has 0 radical (unpaired) electrons. The van der Waals surface area contributed by atoms with Gasteiger partial charge in [0.25, 0.3) is 0 Å². The Hall–Kier alpha value is -0.0900. The Bertz CT molecular complexity index is 454. The Morgan fingerprint density at radius 3 is 2.47 bits per heavy atom. The maximum absolute atomic E-state index is 12.6. The third-order valence-electron chi connectivity index (χ3n) is 3.52. The number of hydrogen-bond donors (Lipinski definition) is 1. The van der Waals surface area contributed by atoms with Crippen molar-refractivity contribution in [2.24, 2.45) is 5.92 Å². The van der Waals surface area contributed by atoms with Crippen molar-refractivity contribution in [1.29, 1.82) is 4.78 Å². The van der Waals surface area contributed by atoms with Crippen LogP contribution in [0.5, 0.6) is 0 Å².